The van der Waals surface area contributed by atoms with Crippen LogP contribution < -0.4 is 5.73 Å². The fraction of sp³-hybridized carbons (Fsp3) is 0.615. The maximum Gasteiger partial charge on any atom is 0.165 e. The van der Waals surface area contributed by atoms with E-state index >= 15 is 0 Å². The number of hydrogen-bond acceptors (Lipinski definition) is 7. The van der Waals surface area contributed by atoms with Crippen molar-refractivity contribution in [2.75, 3.05) is 19.0 Å². The number of aliphatic hydroxyl groups excluding tert-OH is 2. The van der Waals surface area contributed by atoms with E-state index < -0.39 is 29.8 Å². The first-order chi connectivity index (χ1) is 10.5. The summed E-state index contributed by atoms with van der Waals surface area (Å²) in [6.45, 7) is -1.43. The fourth-order valence-electron chi connectivity index (χ4n) is 4.03. The molecule has 0 spiro atoms. The summed E-state index contributed by atoms with van der Waals surface area (Å²) in [6, 6.07) is -0.765. The predicted molar refractivity (Wildman–Crippen MR) is 73.3 cm³/mol. The van der Waals surface area contributed by atoms with Gasteiger partial charge in [0.25, 0.3) is 0 Å². The highest BCUT2D eigenvalue weighted by molar-refractivity contribution is 5.81. The van der Waals surface area contributed by atoms with Gasteiger partial charge in [0.2, 0.25) is 0 Å². The summed E-state index contributed by atoms with van der Waals surface area (Å²) < 4.78 is 15.1. The average molecular weight is 309 g/mol. The summed E-state index contributed by atoms with van der Waals surface area (Å²) in [6.07, 6.45) is 1.85. The number of anilines is 1. The van der Waals surface area contributed by atoms with E-state index in [1.807, 2.05) is 0 Å². The van der Waals surface area contributed by atoms with Gasteiger partial charge in [-0.25, -0.2) is 19.3 Å². The van der Waals surface area contributed by atoms with Gasteiger partial charge < -0.3 is 25.6 Å². The molecule has 0 aromatic carbocycles. The van der Waals surface area contributed by atoms with E-state index in [9.17, 15) is 19.7 Å². The standard InChI is InChI=1S/C13H16FN5O3/c14-2-13(22)8(6-1-12(6,3-20)11(13)21)19-5-18-7-9(15)16-4-17-10(7)19/h4-6,8,11,20-22H,1-3H2,(H2,15,16,17)/t6-,8-,11-,12+,13+/m1/s1. The molecule has 2 aromatic heterocycles. The summed E-state index contributed by atoms with van der Waals surface area (Å²) in [5, 5.41) is 30.6. The van der Waals surface area contributed by atoms with Crippen LogP contribution in [0.1, 0.15) is 12.5 Å². The molecule has 0 unspecified atom stereocenters. The van der Waals surface area contributed by atoms with E-state index in [0.717, 1.165) is 0 Å². The highest BCUT2D eigenvalue weighted by Crippen LogP contribution is 2.70. The van der Waals surface area contributed by atoms with Crippen molar-refractivity contribution in [3.05, 3.63) is 12.7 Å². The number of nitrogens with zero attached hydrogens (tertiary/aromatic N) is 4. The minimum absolute atomic E-state index is 0.190. The van der Waals surface area contributed by atoms with E-state index in [0.29, 0.717) is 17.6 Å². The molecule has 0 aliphatic heterocycles. The van der Waals surface area contributed by atoms with Crippen LogP contribution in [0.3, 0.4) is 0 Å². The number of rotatable bonds is 3. The number of fused-ring (bicyclic) bond motifs is 2. The molecular weight excluding hydrogens is 293 g/mol. The minimum atomic E-state index is -1.99. The number of imidazole rings is 1. The molecule has 5 N–H and O–H groups in total. The van der Waals surface area contributed by atoms with Crippen LogP contribution in [0.5, 0.6) is 0 Å². The largest absolute Gasteiger partial charge is 0.396 e. The summed E-state index contributed by atoms with van der Waals surface area (Å²) in [5.41, 5.74) is 3.63. The van der Waals surface area contributed by atoms with E-state index in [4.69, 9.17) is 5.73 Å². The van der Waals surface area contributed by atoms with Crippen molar-refractivity contribution in [3.63, 3.8) is 0 Å². The van der Waals surface area contributed by atoms with Crippen molar-refractivity contribution in [1.29, 1.82) is 0 Å². The lowest BCUT2D eigenvalue weighted by Gasteiger charge is -2.35. The number of nitrogens with two attached hydrogens (primary N) is 1. The van der Waals surface area contributed by atoms with Gasteiger partial charge in [0.15, 0.2) is 11.5 Å². The molecule has 0 bridgehead atoms. The van der Waals surface area contributed by atoms with Gasteiger partial charge in [0.05, 0.1) is 25.1 Å². The lowest BCUT2D eigenvalue weighted by Crippen LogP contribution is -2.51. The zero-order valence-electron chi connectivity index (χ0n) is 11.6. The summed E-state index contributed by atoms with van der Waals surface area (Å²) in [7, 11) is 0. The normalized spacial score (nSPS) is 40.1. The molecule has 2 aliphatic carbocycles. The number of hydrogen-bond donors (Lipinski definition) is 4. The third kappa shape index (κ3) is 1.38. The third-order valence-corrected chi connectivity index (χ3v) is 5.28. The van der Waals surface area contributed by atoms with Crippen LogP contribution in [0, 0.1) is 11.3 Å². The molecule has 0 saturated heterocycles. The van der Waals surface area contributed by atoms with Gasteiger partial charge in [-0.05, 0) is 12.3 Å². The third-order valence-electron chi connectivity index (χ3n) is 5.28. The second kappa shape index (κ2) is 4.12. The average Bonchev–Trinajstić information content (AvgIpc) is 3.04. The first-order valence-electron chi connectivity index (χ1n) is 7.00. The molecule has 4 rings (SSSR count). The van der Waals surface area contributed by atoms with Crippen molar-refractivity contribution in [2.24, 2.45) is 11.3 Å². The second-order valence-corrected chi connectivity index (χ2v) is 6.26. The Labute approximate surface area is 124 Å². The smallest absolute Gasteiger partial charge is 0.165 e. The molecule has 2 aromatic rings. The molecular formula is C13H16FN5O3. The van der Waals surface area contributed by atoms with Crippen LogP contribution in [-0.4, -0.2) is 59.8 Å². The molecule has 2 saturated carbocycles. The van der Waals surface area contributed by atoms with Gasteiger partial charge in [0.1, 0.15) is 24.1 Å². The van der Waals surface area contributed by atoms with Crippen LogP contribution >= 0.6 is 0 Å². The molecule has 0 radical (unpaired) electrons. The minimum Gasteiger partial charge on any atom is -0.396 e. The van der Waals surface area contributed by atoms with Crippen molar-refractivity contribution in [2.45, 2.75) is 24.2 Å². The SMILES string of the molecule is Nc1ncnc2c1ncn2[C@@H]1[C@H]2C[C@@]2(CO)[C@@H](O)[C@]1(O)CF. The van der Waals surface area contributed by atoms with Gasteiger partial charge in [-0.1, -0.05) is 0 Å². The molecule has 2 heterocycles. The Morgan fingerprint density at radius 2 is 2.18 bits per heavy atom. The topological polar surface area (TPSA) is 130 Å². The predicted octanol–water partition coefficient (Wildman–Crippen LogP) is -0.977. The Kier molecular flexibility index (Phi) is 2.58. The van der Waals surface area contributed by atoms with E-state index in [1.54, 1.807) is 0 Å². The molecule has 2 fully saturated rings. The van der Waals surface area contributed by atoms with Gasteiger partial charge in [0, 0.05) is 5.41 Å². The Morgan fingerprint density at radius 3 is 2.86 bits per heavy atom. The molecule has 118 valence electrons. The van der Waals surface area contributed by atoms with Crippen molar-refractivity contribution in [3.8, 4) is 0 Å². The lowest BCUT2D eigenvalue weighted by atomic mass is 9.88. The Hall–Kier alpha value is -1.84. The number of alkyl halides is 1. The first-order valence-corrected chi connectivity index (χ1v) is 7.00. The first kappa shape index (κ1) is 13.8. The molecule has 0 amide bonds. The second-order valence-electron chi connectivity index (χ2n) is 6.26. The highest BCUT2D eigenvalue weighted by atomic mass is 19.1. The van der Waals surface area contributed by atoms with Gasteiger partial charge >= 0.3 is 0 Å². The van der Waals surface area contributed by atoms with E-state index in [-0.39, 0.29) is 18.3 Å². The highest BCUT2D eigenvalue weighted by Gasteiger charge is 2.77. The number of nitrogen functional groups attached to an aromatic ring is 1. The maximum absolute atomic E-state index is 13.6. The Morgan fingerprint density at radius 1 is 1.41 bits per heavy atom. The summed E-state index contributed by atoms with van der Waals surface area (Å²) in [5.74, 6) is -0.0582. The molecule has 2 aliphatic rings. The maximum atomic E-state index is 13.6. The van der Waals surface area contributed by atoms with Crippen LogP contribution in [0.4, 0.5) is 10.2 Å². The number of aliphatic hydroxyl groups is 3. The van der Waals surface area contributed by atoms with Crippen LogP contribution in [0.25, 0.3) is 11.2 Å². The molecule has 22 heavy (non-hydrogen) atoms. The summed E-state index contributed by atoms with van der Waals surface area (Å²) >= 11 is 0. The molecule has 8 nitrogen and oxygen atoms in total. The Bertz CT molecular complexity index is 754. The molecule has 9 heteroatoms. The van der Waals surface area contributed by atoms with Crippen molar-refractivity contribution in [1.82, 2.24) is 19.5 Å². The van der Waals surface area contributed by atoms with E-state index in [1.165, 1.54) is 17.2 Å². The van der Waals surface area contributed by atoms with Crippen LogP contribution in [-0.2, 0) is 0 Å². The fourth-order valence-corrected chi connectivity index (χ4v) is 4.03. The van der Waals surface area contributed by atoms with Crippen molar-refractivity contribution < 1.29 is 19.7 Å². The summed E-state index contributed by atoms with van der Waals surface area (Å²) in [4.78, 5) is 12.1. The van der Waals surface area contributed by atoms with Crippen LogP contribution in [0.2, 0.25) is 0 Å². The van der Waals surface area contributed by atoms with E-state index in [2.05, 4.69) is 15.0 Å². The lowest BCUT2D eigenvalue weighted by molar-refractivity contribution is -0.122. The quantitative estimate of drug-likeness (QED) is 0.573. The number of halogens is 1. The van der Waals surface area contributed by atoms with Crippen molar-refractivity contribution >= 4 is 17.0 Å². The molecule has 5 atom stereocenters. The van der Waals surface area contributed by atoms with Gasteiger partial charge in [-0.15, -0.1) is 0 Å². The van der Waals surface area contributed by atoms with Gasteiger partial charge in [-0.3, -0.25) is 0 Å². The van der Waals surface area contributed by atoms with Crippen LogP contribution in [0.15, 0.2) is 12.7 Å². The zero-order valence-corrected chi connectivity index (χ0v) is 11.6. The Balaban J connectivity index is 1.89. The van der Waals surface area contributed by atoms with Gasteiger partial charge in [-0.2, -0.15) is 0 Å². The monoisotopic (exact) mass is 309 g/mol. The number of aromatic nitrogens is 4. The zero-order chi connectivity index (χ0) is 15.7.